The number of hydrogen-bond acceptors (Lipinski definition) is 6. The lowest BCUT2D eigenvalue weighted by molar-refractivity contribution is -0.395. The van der Waals surface area contributed by atoms with E-state index in [1.54, 1.807) is 5.40 Å². The van der Waals surface area contributed by atoms with Crippen LogP contribution in [0.2, 0.25) is 5.02 Å². The molecule has 0 saturated heterocycles. The average molecular weight is 260 g/mol. The van der Waals surface area contributed by atoms with Gasteiger partial charge in [-0.1, -0.05) is 11.6 Å². The van der Waals surface area contributed by atoms with E-state index in [1.807, 2.05) is 0 Å². The molecular weight excluding hydrogens is 258 g/mol. The molecule has 0 spiro atoms. The molecule has 0 aliphatic heterocycles. The Morgan fingerprint density at radius 1 is 1.31 bits per heavy atom. The van der Waals surface area contributed by atoms with Crippen molar-refractivity contribution in [2.75, 3.05) is 0 Å². The number of nitrogens with zero attached hydrogens (tertiary/aromatic N) is 3. The topological polar surface area (TPSA) is 110 Å². The molecule has 82 valence electrons. The van der Waals surface area contributed by atoms with Gasteiger partial charge < -0.3 is 0 Å². The molecule has 1 aromatic carbocycles. The van der Waals surface area contributed by atoms with E-state index in [-0.39, 0.29) is 9.92 Å². The van der Waals surface area contributed by atoms with Crippen molar-refractivity contribution in [2.45, 2.75) is 4.90 Å². The van der Waals surface area contributed by atoms with Crippen LogP contribution in [-0.2, 0) is 0 Å². The summed E-state index contributed by atoms with van der Waals surface area (Å²) in [7, 11) is 0. The highest BCUT2D eigenvalue weighted by atomic mass is 35.5. The fourth-order valence-corrected chi connectivity index (χ4v) is 1.76. The molecule has 0 aliphatic rings. The molecule has 9 heteroatoms. The first kappa shape index (κ1) is 12.2. The van der Waals surface area contributed by atoms with Crippen LogP contribution in [0.1, 0.15) is 0 Å². The summed E-state index contributed by atoms with van der Waals surface area (Å²) in [6.45, 7) is 0. The molecule has 0 N–H and O–H groups in total. The zero-order chi connectivity index (χ0) is 12.3. The van der Waals surface area contributed by atoms with E-state index < -0.39 is 21.2 Å². The van der Waals surface area contributed by atoms with Crippen LogP contribution in [0, 0.1) is 30.9 Å². The summed E-state index contributed by atoms with van der Waals surface area (Å²) in [5, 5.41) is 30.9. The van der Waals surface area contributed by atoms with Crippen molar-refractivity contribution in [2.24, 2.45) is 0 Å². The average Bonchev–Trinajstić information content (AvgIpc) is 2.20. The van der Waals surface area contributed by atoms with Crippen LogP contribution in [0.25, 0.3) is 0 Å². The number of hydrogen-bond donors (Lipinski definition) is 0. The largest absolute Gasteiger partial charge is 0.292 e. The van der Waals surface area contributed by atoms with Gasteiger partial charge in [-0.3, -0.25) is 20.2 Å². The summed E-state index contributed by atoms with van der Waals surface area (Å²) in [6.07, 6.45) is 0. The molecule has 0 fully saturated rings. The molecule has 0 heterocycles. The molecule has 0 bridgehead atoms. The highest BCUT2D eigenvalue weighted by Crippen LogP contribution is 2.38. The van der Waals surface area contributed by atoms with Crippen LogP contribution < -0.4 is 0 Å². The molecular formula is C7H2ClN3O4S. The minimum absolute atomic E-state index is 0.0974. The second-order valence-corrected chi connectivity index (χ2v) is 3.69. The van der Waals surface area contributed by atoms with Gasteiger partial charge in [0.2, 0.25) is 0 Å². The Kier molecular flexibility index (Phi) is 3.65. The van der Waals surface area contributed by atoms with Gasteiger partial charge in [0.1, 0.15) is 10.3 Å². The first-order valence-electron chi connectivity index (χ1n) is 3.65. The minimum atomic E-state index is -0.821. The Morgan fingerprint density at radius 3 is 2.38 bits per heavy atom. The van der Waals surface area contributed by atoms with Crippen molar-refractivity contribution in [3.63, 3.8) is 0 Å². The van der Waals surface area contributed by atoms with E-state index in [4.69, 9.17) is 16.9 Å². The molecule has 1 aromatic rings. The summed E-state index contributed by atoms with van der Waals surface area (Å²) < 4.78 is 0. The predicted molar refractivity (Wildman–Crippen MR) is 56.2 cm³/mol. The van der Waals surface area contributed by atoms with Gasteiger partial charge in [-0.05, 0) is 11.8 Å². The molecule has 7 nitrogen and oxygen atoms in total. The third-order valence-electron chi connectivity index (χ3n) is 1.56. The SMILES string of the molecule is N#CSc1c(Cl)cc([N+](=O)[O-])cc1[N+](=O)[O-]. The van der Waals surface area contributed by atoms with E-state index in [0.717, 1.165) is 12.1 Å². The van der Waals surface area contributed by atoms with Crippen molar-refractivity contribution >= 4 is 34.7 Å². The van der Waals surface area contributed by atoms with Crippen LogP contribution in [0.3, 0.4) is 0 Å². The molecule has 0 amide bonds. The maximum Gasteiger partial charge on any atom is 0.292 e. The molecule has 0 unspecified atom stereocenters. The quantitative estimate of drug-likeness (QED) is 0.357. The smallest absolute Gasteiger partial charge is 0.258 e. The molecule has 1 rings (SSSR count). The van der Waals surface area contributed by atoms with Crippen LogP contribution in [-0.4, -0.2) is 9.85 Å². The van der Waals surface area contributed by atoms with Gasteiger partial charge >= 0.3 is 0 Å². The van der Waals surface area contributed by atoms with E-state index >= 15 is 0 Å². The number of nitro groups is 2. The number of thioether (sulfide) groups is 1. The van der Waals surface area contributed by atoms with Crippen LogP contribution in [0.15, 0.2) is 17.0 Å². The molecule has 0 radical (unpaired) electrons. The van der Waals surface area contributed by atoms with Crippen molar-refractivity contribution in [3.05, 3.63) is 37.4 Å². The zero-order valence-electron chi connectivity index (χ0n) is 7.42. The maximum absolute atomic E-state index is 10.6. The number of rotatable bonds is 3. The third kappa shape index (κ3) is 2.39. The predicted octanol–water partition coefficient (Wildman–Crippen LogP) is 2.73. The summed E-state index contributed by atoms with van der Waals surface area (Å²) in [6, 6.07) is 1.74. The Morgan fingerprint density at radius 2 is 1.94 bits per heavy atom. The first-order chi connectivity index (χ1) is 7.47. The third-order valence-corrected chi connectivity index (χ3v) is 2.70. The number of thiocyanates is 1. The van der Waals surface area contributed by atoms with Gasteiger partial charge in [-0.15, -0.1) is 0 Å². The van der Waals surface area contributed by atoms with Gasteiger partial charge in [0, 0.05) is 6.07 Å². The summed E-state index contributed by atoms with van der Waals surface area (Å²) >= 11 is 6.11. The number of nitro benzene ring substituents is 2. The van der Waals surface area contributed by atoms with E-state index in [1.165, 1.54) is 0 Å². The van der Waals surface area contributed by atoms with Gasteiger partial charge in [0.15, 0.2) is 0 Å². The fraction of sp³-hybridized carbons (Fsp3) is 0. The highest BCUT2D eigenvalue weighted by molar-refractivity contribution is 8.04. The lowest BCUT2D eigenvalue weighted by Gasteiger charge is -2.00. The Bertz CT molecular complexity index is 513. The summed E-state index contributed by atoms with van der Waals surface area (Å²) in [5.74, 6) is 0. The van der Waals surface area contributed by atoms with Crippen LogP contribution in [0.5, 0.6) is 0 Å². The van der Waals surface area contributed by atoms with Crippen LogP contribution in [0.4, 0.5) is 11.4 Å². The van der Waals surface area contributed by atoms with Crippen molar-refractivity contribution in [3.8, 4) is 5.40 Å². The van der Waals surface area contributed by atoms with E-state index in [2.05, 4.69) is 0 Å². The number of halogens is 1. The lowest BCUT2D eigenvalue weighted by Crippen LogP contribution is -1.95. The number of nitriles is 1. The maximum atomic E-state index is 10.6. The normalized spacial score (nSPS) is 9.50. The Labute approximate surface area is 97.9 Å². The van der Waals surface area contributed by atoms with Crippen molar-refractivity contribution < 1.29 is 9.85 Å². The summed E-state index contributed by atoms with van der Waals surface area (Å²) in [5.41, 5.74) is -1.04. The molecule has 0 aromatic heterocycles. The van der Waals surface area contributed by atoms with Crippen molar-refractivity contribution in [1.29, 1.82) is 5.26 Å². The highest BCUT2D eigenvalue weighted by Gasteiger charge is 2.23. The molecule has 16 heavy (non-hydrogen) atoms. The van der Waals surface area contributed by atoms with Gasteiger partial charge in [-0.25, -0.2) is 0 Å². The van der Waals surface area contributed by atoms with E-state index in [0.29, 0.717) is 11.8 Å². The van der Waals surface area contributed by atoms with Gasteiger partial charge in [0.05, 0.1) is 20.9 Å². The Hall–Kier alpha value is -1.85. The molecule has 0 aliphatic carbocycles. The van der Waals surface area contributed by atoms with Gasteiger partial charge in [-0.2, -0.15) is 5.26 Å². The van der Waals surface area contributed by atoms with Crippen LogP contribution >= 0.6 is 23.4 Å². The minimum Gasteiger partial charge on any atom is -0.258 e. The number of non-ortho nitro benzene ring substituents is 1. The van der Waals surface area contributed by atoms with E-state index in [9.17, 15) is 20.2 Å². The second-order valence-electron chi connectivity index (χ2n) is 2.48. The fourth-order valence-electron chi connectivity index (χ4n) is 0.953. The van der Waals surface area contributed by atoms with Gasteiger partial charge in [0.25, 0.3) is 11.4 Å². The zero-order valence-corrected chi connectivity index (χ0v) is 8.99. The first-order valence-corrected chi connectivity index (χ1v) is 4.85. The standard InChI is InChI=1S/C7H2ClN3O4S/c8-5-1-4(10(12)13)2-6(11(14)15)7(5)16-3-9/h1-2H. The molecule has 0 saturated carbocycles. The number of benzene rings is 1. The lowest BCUT2D eigenvalue weighted by atomic mass is 10.3. The Balaban J connectivity index is 3.46. The second kappa shape index (κ2) is 4.78. The molecule has 0 atom stereocenters. The summed E-state index contributed by atoms with van der Waals surface area (Å²) in [4.78, 5) is 19.4. The van der Waals surface area contributed by atoms with Crippen molar-refractivity contribution in [1.82, 2.24) is 0 Å². The monoisotopic (exact) mass is 259 g/mol.